The first-order valence-corrected chi connectivity index (χ1v) is 5.73. The van der Waals surface area contributed by atoms with Gasteiger partial charge in [-0.3, -0.25) is 0 Å². The second-order valence-corrected chi connectivity index (χ2v) is 4.48. The van der Waals surface area contributed by atoms with Gasteiger partial charge in [-0.25, -0.2) is 0 Å². The van der Waals surface area contributed by atoms with Gasteiger partial charge in [0.15, 0.2) is 0 Å². The minimum atomic E-state index is 0.813. The Morgan fingerprint density at radius 3 is 2.54 bits per heavy atom. The van der Waals surface area contributed by atoms with Crippen LogP contribution in [0.4, 0.5) is 0 Å². The van der Waals surface area contributed by atoms with Gasteiger partial charge >= 0.3 is 0 Å². The van der Waals surface area contributed by atoms with Gasteiger partial charge in [-0.1, -0.05) is 6.92 Å². The highest BCUT2D eigenvalue weighted by Crippen LogP contribution is 2.35. The molecule has 0 amide bonds. The SMILES string of the molecule is CC1CC(CCCNCCCN)C1. The Morgan fingerprint density at radius 1 is 1.23 bits per heavy atom. The second kappa shape index (κ2) is 6.39. The highest BCUT2D eigenvalue weighted by atomic mass is 14.8. The fourth-order valence-corrected chi connectivity index (χ4v) is 2.17. The zero-order chi connectivity index (χ0) is 9.52. The quantitative estimate of drug-likeness (QED) is 0.592. The first kappa shape index (κ1) is 11.0. The summed E-state index contributed by atoms with van der Waals surface area (Å²) in [6, 6.07) is 0. The normalized spacial score (nSPS) is 27.2. The molecule has 0 aromatic carbocycles. The molecule has 78 valence electrons. The van der Waals surface area contributed by atoms with Gasteiger partial charge in [0.1, 0.15) is 0 Å². The van der Waals surface area contributed by atoms with E-state index in [0.717, 1.165) is 31.3 Å². The standard InChI is InChI=1S/C11H24N2/c1-10-8-11(9-10)4-2-6-13-7-3-5-12/h10-11,13H,2-9,12H2,1H3. The average Bonchev–Trinajstić information content (AvgIpc) is 2.07. The molecular formula is C11H24N2. The molecule has 1 fully saturated rings. The molecule has 2 heteroatoms. The van der Waals surface area contributed by atoms with Crippen LogP contribution in [0.15, 0.2) is 0 Å². The molecule has 1 aliphatic rings. The van der Waals surface area contributed by atoms with Crippen LogP contribution in [-0.4, -0.2) is 19.6 Å². The van der Waals surface area contributed by atoms with Crippen molar-refractivity contribution in [1.82, 2.24) is 5.32 Å². The Bertz CT molecular complexity index is 119. The summed E-state index contributed by atoms with van der Waals surface area (Å²) < 4.78 is 0. The van der Waals surface area contributed by atoms with Crippen molar-refractivity contribution in [1.29, 1.82) is 0 Å². The molecule has 1 aliphatic carbocycles. The molecule has 0 atom stereocenters. The molecule has 0 unspecified atom stereocenters. The van der Waals surface area contributed by atoms with E-state index >= 15 is 0 Å². The highest BCUT2D eigenvalue weighted by Gasteiger charge is 2.23. The van der Waals surface area contributed by atoms with Gasteiger partial charge in [0.05, 0.1) is 0 Å². The Labute approximate surface area is 82.3 Å². The molecule has 0 spiro atoms. The molecule has 0 radical (unpaired) electrons. The summed E-state index contributed by atoms with van der Waals surface area (Å²) in [5.41, 5.74) is 5.40. The van der Waals surface area contributed by atoms with Crippen molar-refractivity contribution in [2.45, 2.75) is 39.0 Å². The van der Waals surface area contributed by atoms with E-state index in [1.54, 1.807) is 0 Å². The van der Waals surface area contributed by atoms with E-state index in [2.05, 4.69) is 12.2 Å². The summed E-state index contributed by atoms with van der Waals surface area (Å²) in [4.78, 5) is 0. The molecule has 0 aromatic rings. The molecule has 2 nitrogen and oxygen atoms in total. The molecule has 0 heterocycles. The minimum Gasteiger partial charge on any atom is -0.330 e. The van der Waals surface area contributed by atoms with Crippen molar-refractivity contribution in [2.75, 3.05) is 19.6 Å². The van der Waals surface area contributed by atoms with Crippen molar-refractivity contribution in [3.05, 3.63) is 0 Å². The number of rotatable bonds is 7. The zero-order valence-electron chi connectivity index (χ0n) is 8.89. The molecular weight excluding hydrogens is 160 g/mol. The molecule has 13 heavy (non-hydrogen) atoms. The van der Waals surface area contributed by atoms with Crippen LogP contribution in [0.3, 0.4) is 0 Å². The lowest BCUT2D eigenvalue weighted by atomic mass is 9.74. The Balaban J connectivity index is 1.74. The summed E-state index contributed by atoms with van der Waals surface area (Å²) in [5.74, 6) is 2.06. The smallest absolute Gasteiger partial charge is 0.00369 e. The number of hydrogen-bond donors (Lipinski definition) is 2. The van der Waals surface area contributed by atoms with Crippen LogP contribution in [0, 0.1) is 11.8 Å². The number of nitrogens with two attached hydrogens (primary N) is 1. The van der Waals surface area contributed by atoms with Crippen LogP contribution in [0.25, 0.3) is 0 Å². The molecule has 0 aliphatic heterocycles. The maximum atomic E-state index is 5.40. The third kappa shape index (κ3) is 4.63. The molecule has 3 N–H and O–H groups in total. The fourth-order valence-electron chi connectivity index (χ4n) is 2.17. The lowest BCUT2D eigenvalue weighted by molar-refractivity contribution is 0.196. The van der Waals surface area contributed by atoms with Crippen LogP contribution < -0.4 is 11.1 Å². The largest absolute Gasteiger partial charge is 0.330 e. The summed E-state index contributed by atoms with van der Waals surface area (Å²) in [7, 11) is 0. The zero-order valence-corrected chi connectivity index (χ0v) is 8.89. The predicted molar refractivity (Wildman–Crippen MR) is 57.7 cm³/mol. The lowest BCUT2D eigenvalue weighted by Crippen LogP contribution is -2.24. The van der Waals surface area contributed by atoms with Crippen molar-refractivity contribution in [3.8, 4) is 0 Å². The van der Waals surface area contributed by atoms with E-state index < -0.39 is 0 Å². The second-order valence-electron chi connectivity index (χ2n) is 4.48. The van der Waals surface area contributed by atoms with Crippen LogP contribution in [0.1, 0.15) is 39.0 Å². The molecule has 0 aromatic heterocycles. The predicted octanol–water partition coefficient (Wildman–Crippen LogP) is 1.75. The van der Waals surface area contributed by atoms with Gasteiger partial charge in [-0.15, -0.1) is 0 Å². The Morgan fingerprint density at radius 2 is 1.92 bits per heavy atom. The maximum Gasteiger partial charge on any atom is -0.00369 e. The Kier molecular flexibility index (Phi) is 5.40. The molecule has 0 saturated heterocycles. The van der Waals surface area contributed by atoms with Crippen LogP contribution in [-0.2, 0) is 0 Å². The van der Waals surface area contributed by atoms with Crippen molar-refractivity contribution < 1.29 is 0 Å². The lowest BCUT2D eigenvalue weighted by Gasteiger charge is -2.32. The van der Waals surface area contributed by atoms with Gasteiger partial charge in [-0.05, 0) is 63.6 Å². The monoisotopic (exact) mass is 184 g/mol. The Hall–Kier alpha value is -0.0800. The maximum absolute atomic E-state index is 5.40. The summed E-state index contributed by atoms with van der Waals surface area (Å²) >= 11 is 0. The fraction of sp³-hybridized carbons (Fsp3) is 1.00. The summed E-state index contributed by atoms with van der Waals surface area (Å²) in [6.45, 7) is 5.45. The molecule has 0 bridgehead atoms. The van der Waals surface area contributed by atoms with Crippen LogP contribution in [0.5, 0.6) is 0 Å². The van der Waals surface area contributed by atoms with E-state index in [9.17, 15) is 0 Å². The van der Waals surface area contributed by atoms with Gasteiger partial charge in [0, 0.05) is 0 Å². The van der Waals surface area contributed by atoms with Gasteiger partial charge in [0.2, 0.25) is 0 Å². The van der Waals surface area contributed by atoms with Crippen molar-refractivity contribution in [2.24, 2.45) is 17.6 Å². The highest BCUT2D eigenvalue weighted by molar-refractivity contribution is 4.76. The van der Waals surface area contributed by atoms with Gasteiger partial charge in [0.25, 0.3) is 0 Å². The van der Waals surface area contributed by atoms with E-state index in [0.29, 0.717) is 0 Å². The molecule has 1 saturated carbocycles. The van der Waals surface area contributed by atoms with Gasteiger partial charge < -0.3 is 11.1 Å². The topological polar surface area (TPSA) is 38.0 Å². The molecule has 1 rings (SSSR count). The summed E-state index contributed by atoms with van der Waals surface area (Å²) in [6.07, 6.45) is 6.84. The minimum absolute atomic E-state index is 0.813. The first-order valence-electron chi connectivity index (χ1n) is 5.73. The van der Waals surface area contributed by atoms with Crippen molar-refractivity contribution >= 4 is 0 Å². The first-order chi connectivity index (χ1) is 6.33. The van der Waals surface area contributed by atoms with E-state index in [-0.39, 0.29) is 0 Å². The van der Waals surface area contributed by atoms with Crippen molar-refractivity contribution in [3.63, 3.8) is 0 Å². The third-order valence-electron chi connectivity index (χ3n) is 3.00. The number of nitrogens with one attached hydrogen (secondary N) is 1. The van der Waals surface area contributed by atoms with Gasteiger partial charge in [-0.2, -0.15) is 0 Å². The van der Waals surface area contributed by atoms with E-state index in [4.69, 9.17) is 5.73 Å². The van der Waals surface area contributed by atoms with E-state index in [1.807, 2.05) is 0 Å². The average molecular weight is 184 g/mol. The third-order valence-corrected chi connectivity index (χ3v) is 3.00. The summed E-state index contributed by atoms with van der Waals surface area (Å²) in [5, 5.41) is 3.42. The number of hydrogen-bond acceptors (Lipinski definition) is 2. The van der Waals surface area contributed by atoms with Crippen LogP contribution in [0.2, 0.25) is 0 Å². The van der Waals surface area contributed by atoms with E-state index in [1.165, 1.54) is 32.2 Å². The van der Waals surface area contributed by atoms with Crippen LogP contribution >= 0.6 is 0 Å².